The molecule has 0 bridgehead atoms. The van der Waals surface area contributed by atoms with Crippen molar-refractivity contribution in [2.45, 2.75) is 45.1 Å². The van der Waals surface area contributed by atoms with Crippen LogP contribution >= 0.6 is 0 Å². The molecule has 2 rings (SSSR count). The van der Waals surface area contributed by atoms with E-state index in [1.54, 1.807) is 11.1 Å². The van der Waals surface area contributed by atoms with Crippen LogP contribution < -0.4 is 0 Å². The molecular formula is C17H24N2O3. The van der Waals surface area contributed by atoms with E-state index in [0.29, 0.717) is 13.1 Å². The number of carbonyl (C=O) groups is 2. The largest absolute Gasteiger partial charge is 0.469 e. The summed E-state index contributed by atoms with van der Waals surface area (Å²) in [6.07, 6.45) is 7.30. The number of ether oxygens (including phenoxy) is 1. The first-order chi connectivity index (χ1) is 10.7. The lowest BCUT2D eigenvalue weighted by molar-refractivity contribution is -0.143. The van der Waals surface area contributed by atoms with E-state index in [0.717, 1.165) is 31.4 Å². The number of carbonyl (C=O) groups excluding carboxylic acids is 2. The molecule has 1 fully saturated rings. The fourth-order valence-electron chi connectivity index (χ4n) is 2.89. The topological polar surface area (TPSA) is 59.5 Å². The van der Waals surface area contributed by atoms with Crippen molar-refractivity contribution in [2.24, 2.45) is 5.92 Å². The van der Waals surface area contributed by atoms with E-state index in [9.17, 15) is 9.59 Å². The van der Waals surface area contributed by atoms with E-state index in [1.807, 2.05) is 18.2 Å². The Morgan fingerprint density at radius 2 is 2.05 bits per heavy atom. The standard InChI is InChI=1S/C17H24N2O3/c1-22-16(20)10-12-19(13-15-9-5-6-11-18-15)17(21)14-7-3-2-4-8-14/h5-6,9,11,14H,2-4,7-8,10,12-13H2,1H3. The molecule has 120 valence electrons. The number of methoxy groups -OCH3 is 1. The summed E-state index contributed by atoms with van der Waals surface area (Å²) >= 11 is 0. The predicted octanol–water partition coefficient (Wildman–Crippen LogP) is 2.55. The summed E-state index contributed by atoms with van der Waals surface area (Å²) in [6, 6.07) is 5.66. The minimum atomic E-state index is -0.289. The van der Waals surface area contributed by atoms with Crippen LogP contribution in [0.2, 0.25) is 0 Å². The van der Waals surface area contributed by atoms with E-state index in [2.05, 4.69) is 9.72 Å². The van der Waals surface area contributed by atoms with Gasteiger partial charge in [-0.3, -0.25) is 14.6 Å². The Bertz CT molecular complexity index is 484. The number of rotatable bonds is 6. The molecule has 22 heavy (non-hydrogen) atoms. The number of nitrogens with zero attached hydrogens (tertiary/aromatic N) is 2. The molecule has 1 aromatic rings. The average Bonchev–Trinajstić information content (AvgIpc) is 2.59. The number of esters is 1. The molecule has 0 saturated heterocycles. The lowest BCUT2D eigenvalue weighted by atomic mass is 9.88. The van der Waals surface area contributed by atoms with Crippen LogP contribution in [0.1, 0.15) is 44.2 Å². The first kappa shape index (κ1) is 16.5. The van der Waals surface area contributed by atoms with Crippen molar-refractivity contribution < 1.29 is 14.3 Å². The Balaban J connectivity index is 2.02. The molecule has 1 aliphatic rings. The predicted molar refractivity (Wildman–Crippen MR) is 82.9 cm³/mol. The minimum Gasteiger partial charge on any atom is -0.469 e. The molecule has 0 spiro atoms. The van der Waals surface area contributed by atoms with Gasteiger partial charge in [0.05, 0.1) is 25.8 Å². The van der Waals surface area contributed by atoms with E-state index in [1.165, 1.54) is 13.5 Å². The van der Waals surface area contributed by atoms with Crippen LogP contribution in [0, 0.1) is 5.92 Å². The van der Waals surface area contributed by atoms with Crippen LogP contribution in [0.25, 0.3) is 0 Å². The monoisotopic (exact) mass is 304 g/mol. The van der Waals surface area contributed by atoms with Crippen molar-refractivity contribution in [2.75, 3.05) is 13.7 Å². The van der Waals surface area contributed by atoms with Crippen molar-refractivity contribution >= 4 is 11.9 Å². The lowest BCUT2D eigenvalue weighted by Gasteiger charge is -2.29. The van der Waals surface area contributed by atoms with Crippen LogP contribution in [0.5, 0.6) is 0 Å². The summed E-state index contributed by atoms with van der Waals surface area (Å²) in [7, 11) is 1.37. The van der Waals surface area contributed by atoms with Gasteiger partial charge < -0.3 is 9.64 Å². The molecule has 1 amide bonds. The fourth-order valence-corrected chi connectivity index (χ4v) is 2.89. The van der Waals surface area contributed by atoms with Gasteiger partial charge in [0.25, 0.3) is 0 Å². The third kappa shape index (κ3) is 4.83. The smallest absolute Gasteiger partial charge is 0.307 e. The molecule has 5 heteroatoms. The van der Waals surface area contributed by atoms with Gasteiger partial charge in [-0.05, 0) is 25.0 Å². The summed E-state index contributed by atoms with van der Waals surface area (Å²) in [5.74, 6) is -0.0492. The number of hydrogen-bond acceptors (Lipinski definition) is 4. The van der Waals surface area contributed by atoms with Crippen molar-refractivity contribution in [1.29, 1.82) is 0 Å². The maximum absolute atomic E-state index is 12.7. The Morgan fingerprint density at radius 1 is 1.27 bits per heavy atom. The average molecular weight is 304 g/mol. The molecule has 5 nitrogen and oxygen atoms in total. The Hall–Kier alpha value is -1.91. The van der Waals surface area contributed by atoms with E-state index in [4.69, 9.17) is 0 Å². The van der Waals surface area contributed by atoms with Crippen LogP contribution in [-0.2, 0) is 20.9 Å². The highest BCUT2D eigenvalue weighted by Gasteiger charge is 2.26. The van der Waals surface area contributed by atoms with E-state index >= 15 is 0 Å². The zero-order chi connectivity index (χ0) is 15.8. The second-order valence-electron chi connectivity index (χ2n) is 5.74. The maximum atomic E-state index is 12.7. The van der Waals surface area contributed by atoms with Gasteiger partial charge in [0, 0.05) is 18.7 Å². The maximum Gasteiger partial charge on any atom is 0.307 e. The normalized spacial score (nSPS) is 15.3. The van der Waals surface area contributed by atoms with Crippen LogP contribution in [0.15, 0.2) is 24.4 Å². The highest BCUT2D eigenvalue weighted by atomic mass is 16.5. The van der Waals surface area contributed by atoms with Gasteiger partial charge in [-0.1, -0.05) is 25.3 Å². The van der Waals surface area contributed by atoms with Gasteiger partial charge in [0.2, 0.25) is 5.91 Å². The van der Waals surface area contributed by atoms with Gasteiger partial charge >= 0.3 is 5.97 Å². The SMILES string of the molecule is COC(=O)CCN(Cc1ccccn1)C(=O)C1CCCCC1. The lowest BCUT2D eigenvalue weighted by Crippen LogP contribution is -2.38. The quantitative estimate of drug-likeness (QED) is 0.758. The molecule has 0 radical (unpaired) electrons. The highest BCUT2D eigenvalue weighted by molar-refractivity contribution is 5.79. The molecule has 0 aromatic carbocycles. The van der Waals surface area contributed by atoms with Gasteiger partial charge in [-0.25, -0.2) is 0 Å². The highest BCUT2D eigenvalue weighted by Crippen LogP contribution is 2.26. The number of amides is 1. The Kier molecular flexibility index (Phi) is 6.37. The van der Waals surface area contributed by atoms with Gasteiger partial charge in [0.1, 0.15) is 0 Å². The van der Waals surface area contributed by atoms with Crippen molar-refractivity contribution in [3.8, 4) is 0 Å². The molecule has 0 aliphatic heterocycles. The van der Waals surface area contributed by atoms with E-state index in [-0.39, 0.29) is 24.2 Å². The third-order valence-corrected chi connectivity index (χ3v) is 4.16. The van der Waals surface area contributed by atoms with Crippen molar-refractivity contribution in [3.63, 3.8) is 0 Å². The second-order valence-corrected chi connectivity index (χ2v) is 5.74. The van der Waals surface area contributed by atoms with E-state index < -0.39 is 0 Å². The van der Waals surface area contributed by atoms with Crippen molar-refractivity contribution in [1.82, 2.24) is 9.88 Å². The fraction of sp³-hybridized carbons (Fsp3) is 0.588. The summed E-state index contributed by atoms with van der Waals surface area (Å²) in [5.41, 5.74) is 0.844. The zero-order valence-corrected chi connectivity index (χ0v) is 13.2. The third-order valence-electron chi connectivity index (χ3n) is 4.16. The van der Waals surface area contributed by atoms with Gasteiger partial charge in [0.15, 0.2) is 0 Å². The summed E-state index contributed by atoms with van der Waals surface area (Å²) in [5, 5.41) is 0. The molecule has 1 heterocycles. The van der Waals surface area contributed by atoms with Crippen LogP contribution in [-0.4, -0.2) is 35.4 Å². The number of aromatic nitrogens is 1. The van der Waals surface area contributed by atoms with Gasteiger partial charge in [-0.2, -0.15) is 0 Å². The van der Waals surface area contributed by atoms with Crippen LogP contribution in [0.3, 0.4) is 0 Å². The Labute approximate surface area is 131 Å². The molecule has 0 unspecified atom stereocenters. The molecule has 0 atom stereocenters. The second kappa shape index (κ2) is 8.51. The van der Waals surface area contributed by atoms with Crippen molar-refractivity contribution in [3.05, 3.63) is 30.1 Å². The van der Waals surface area contributed by atoms with Crippen LogP contribution in [0.4, 0.5) is 0 Å². The minimum absolute atomic E-state index is 0.0927. The summed E-state index contributed by atoms with van der Waals surface area (Å²) < 4.78 is 4.68. The Morgan fingerprint density at radius 3 is 2.68 bits per heavy atom. The number of pyridine rings is 1. The summed E-state index contributed by atoms with van der Waals surface area (Å²) in [6.45, 7) is 0.839. The molecular weight excluding hydrogens is 280 g/mol. The number of hydrogen-bond donors (Lipinski definition) is 0. The molecule has 1 aliphatic carbocycles. The first-order valence-corrected chi connectivity index (χ1v) is 7.96. The molecule has 0 N–H and O–H groups in total. The summed E-state index contributed by atoms with van der Waals surface area (Å²) in [4.78, 5) is 30.2. The molecule has 1 saturated carbocycles. The molecule has 1 aromatic heterocycles. The first-order valence-electron chi connectivity index (χ1n) is 7.96. The zero-order valence-electron chi connectivity index (χ0n) is 13.2. The van der Waals surface area contributed by atoms with Gasteiger partial charge in [-0.15, -0.1) is 0 Å².